The summed E-state index contributed by atoms with van der Waals surface area (Å²) in [7, 11) is 0. The van der Waals surface area contributed by atoms with Gasteiger partial charge in [0.05, 0.1) is 11.7 Å². The van der Waals surface area contributed by atoms with Crippen molar-refractivity contribution in [1.82, 2.24) is 14.5 Å². The predicted molar refractivity (Wildman–Crippen MR) is 94.6 cm³/mol. The number of amides is 1. The van der Waals surface area contributed by atoms with Gasteiger partial charge in [0.1, 0.15) is 0 Å². The molecular weight excluding hydrogens is 322 g/mol. The Hall–Kier alpha value is -1.30. The zero-order chi connectivity index (χ0) is 16.5. The van der Waals surface area contributed by atoms with Crippen LogP contribution in [0.4, 0.5) is 0 Å². The molecule has 0 spiro atoms. The molecule has 1 unspecified atom stereocenters. The van der Waals surface area contributed by atoms with Crippen LogP contribution in [0.2, 0.25) is 0 Å². The van der Waals surface area contributed by atoms with Crippen molar-refractivity contribution in [3.63, 3.8) is 0 Å². The monoisotopic (exact) mass is 347 g/mol. The largest absolute Gasteiger partial charge is 0.343 e. The molecule has 1 aromatic heterocycles. The van der Waals surface area contributed by atoms with Gasteiger partial charge in [0.25, 0.3) is 5.56 Å². The van der Waals surface area contributed by atoms with Crippen LogP contribution in [0.1, 0.15) is 62.2 Å². The van der Waals surface area contributed by atoms with Crippen molar-refractivity contribution in [1.29, 1.82) is 0 Å². The molecule has 3 aliphatic rings. The van der Waals surface area contributed by atoms with Crippen molar-refractivity contribution < 1.29 is 4.79 Å². The molecule has 3 heterocycles. The van der Waals surface area contributed by atoms with Gasteiger partial charge < -0.3 is 4.90 Å². The summed E-state index contributed by atoms with van der Waals surface area (Å²) in [5.74, 6) is 1.00. The van der Waals surface area contributed by atoms with Crippen LogP contribution in [-0.2, 0) is 17.6 Å². The Morgan fingerprint density at radius 1 is 1.08 bits per heavy atom. The van der Waals surface area contributed by atoms with Gasteiger partial charge in [0.15, 0.2) is 5.16 Å². The molecule has 1 fully saturated rings. The molecule has 5 nitrogen and oxygen atoms in total. The summed E-state index contributed by atoms with van der Waals surface area (Å²) in [6.45, 7) is 1.76. The summed E-state index contributed by atoms with van der Waals surface area (Å²) >= 11 is 1.64. The quantitative estimate of drug-likeness (QED) is 0.772. The first-order valence-electron chi connectivity index (χ1n) is 9.29. The van der Waals surface area contributed by atoms with E-state index in [0.29, 0.717) is 6.42 Å². The molecule has 0 N–H and O–H groups in total. The Morgan fingerprint density at radius 2 is 1.83 bits per heavy atom. The smallest absolute Gasteiger partial charge is 0.257 e. The summed E-state index contributed by atoms with van der Waals surface area (Å²) in [6.07, 6.45) is 9.09. The zero-order valence-electron chi connectivity index (χ0n) is 14.1. The van der Waals surface area contributed by atoms with E-state index in [1.807, 2.05) is 9.47 Å². The lowest BCUT2D eigenvalue weighted by atomic mass is 9.97. The van der Waals surface area contributed by atoms with E-state index in [2.05, 4.69) is 0 Å². The highest BCUT2D eigenvalue weighted by Crippen LogP contribution is 2.34. The maximum atomic E-state index is 12.9. The van der Waals surface area contributed by atoms with E-state index in [1.54, 1.807) is 11.8 Å². The molecule has 1 aliphatic carbocycles. The molecule has 1 amide bonds. The number of thioether (sulfide) groups is 1. The van der Waals surface area contributed by atoms with E-state index in [-0.39, 0.29) is 17.5 Å². The maximum absolute atomic E-state index is 12.9. The van der Waals surface area contributed by atoms with Crippen LogP contribution >= 0.6 is 11.8 Å². The highest BCUT2D eigenvalue weighted by molar-refractivity contribution is 7.99. The zero-order valence-corrected chi connectivity index (χ0v) is 14.9. The Morgan fingerprint density at radius 3 is 2.62 bits per heavy atom. The Balaban J connectivity index is 1.55. The van der Waals surface area contributed by atoms with Crippen molar-refractivity contribution in [2.24, 2.45) is 0 Å². The van der Waals surface area contributed by atoms with Gasteiger partial charge in [-0.05, 0) is 38.5 Å². The highest BCUT2D eigenvalue weighted by Gasteiger charge is 2.31. The number of fused-ring (bicyclic) bond motifs is 2. The number of aromatic nitrogens is 2. The fraction of sp³-hybridized carbons (Fsp3) is 0.722. The first-order chi connectivity index (χ1) is 11.7. The lowest BCUT2D eigenvalue weighted by Gasteiger charge is -2.23. The molecule has 0 aromatic carbocycles. The first kappa shape index (κ1) is 16.2. The number of hydrogen-bond donors (Lipinski definition) is 0. The minimum atomic E-state index is -0.0204. The number of likely N-dealkylation sites (tertiary alicyclic amines) is 1. The van der Waals surface area contributed by atoms with E-state index < -0.39 is 0 Å². The van der Waals surface area contributed by atoms with Crippen LogP contribution in [0.25, 0.3) is 0 Å². The SMILES string of the molecule is O=C(CC1CSc2nc3c(c(=O)n21)CCCC3)N1CCCCCC1. The molecule has 130 valence electrons. The van der Waals surface area contributed by atoms with Gasteiger partial charge in [-0.2, -0.15) is 0 Å². The molecule has 0 radical (unpaired) electrons. The van der Waals surface area contributed by atoms with Crippen LogP contribution in [0.15, 0.2) is 9.95 Å². The average Bonchev–Trinajstić information content (AvgIpc) is 2.82. The summed E-state index contributed by atoms with van der Waals surface area (Å²) < 4.78 is 1.82. The fourth-order valence-corrected chi connectivity index (χ4v) is 5.27. The Kier molecular flexibility index (Phi) is 4.66. The van der Waals surface area contributed by atoms with Crippen LogP contribution in [0.3, 0.4) is 0 Å². The number of carbonyl (C=O) groups is 1. The molecule has 24 heavy (non-hydrogen) atoms. The van der Waals surface area contributed by atoms with E-state index >= 15 is 0 Å². The van der Waals surface area contributed by atoms with Gasteiger partial charge in [-0.1, -0.05) is 24.6 Å². The van der Waals surface area contributed by atoms with E-state index in [4.69, 9.17) is 4.98 Å². The van der Waals surface area contributed by atoms with E-state index in [9.17, 15) is 9.59 Å². The number of hydrogen-bond acceptors (Lipinski definition) is 4. The summed E-state index contributed by atoms with van der Waals surface area (Å²) in [5.41, 5.74) is 2.03. The van der Waals surface area contributed by atoms with E-state index in [0.717, 1.165) is 73.8 Å². The Labute approximate surface area is 146 Å². The predicted octanol–water partition coefficient (Wildman–Crippen LogP) is 2.56. The van der Waals surface area contributed by atoms with E-state index in [1.165, 1.54) is 12.8 Å². The summed E-state index contributed by atoms with van der Waals surface area (Å²) in [4.78, 5) is 32.4. The molecule has 1 atom stereocenters. The van der Waals surface area contributed by atoms with Gasteiger partial charge >= 0.3 is 0 Å². The molecular formula is C18H25N3O2S. The van der Waals surface area contributed by atoms with Gasteiger partial charge in [0, 0.05) is 30.8 Å². The molecule has 1 saturated heterocycles. The van der Waals surface area contributed by atoms with Gasteiger partial charge in [-0.25, -0.2) is 4.98 Å². The minimum Gasteiger partial charge on any atom is -0.343 e. The maximum Gasteiger partial charge on any atom is 0.257 e. The average molecular weight is 347 g/mol. The third kappa shape index (κ3) is 3.01. The van der Waals surface area contributed by atoms with Gasteiger partial charge in [-0.15, -0.1) is 0 Å². The third-order valence-corrected chi connectivity index (χ3v) is 6.59. The molecule has 4 rings (SSSR count). The third-order valence-electron chi connectivity index (χ3n) is 5.49. The number of rotatable bonds is 2. The first-order valence-corrected chi connectivity index (χ1v) is 10.3. The lowest BCUT2D eigenvalue weighted by molar-refractivity contribution is -0.131. The standard InChI is InChI=1S/C18H25N3O2S/c22-16(20-9-5-1-2-6-10-20)11-13-12-24-18-19-15-8-4-3-7-14(15)17(23)21(13)18/h13H,1-12H2. The summed E-state index contributed by atoms with van der Waals surface area (Å²) in [5, 5.41) is 0.828. The van der Waals surface area contributed by atoms with Crippen molar-refractivity contribution >= 4 is 17.7 Å². The van der Waals surface area contributed by atoms with Crippen LogP contribution in [0, 0.1) is 0 Å². The van der Waals surface area contributed by atoms with Crippen molar-refractivity contribution in [3.05, 3.63) is 21.6 Å². The molecule has 0 bridgehead atoms. The van der Waals surface area contributed by atoms with Crippen LogP contribution in [0.5, 0.6) is 0 Å². The molecule has 2 aliphatic heterocycles. The fourth-order valence-electron chi connectivity index (χ4n) is 4.11. The number of aryl methyl sites for hydroxylation is 1. The number of nitrogens with zero attached hydrogens (tertiary/aromatic N) is 3. The summed E-state index contributed by atoms with van der Waals surface area (Å²) in [6, 6.07) is -0.0204. The second-order valence-electron chi connectivity index (χ2n) is 7.17. The topological polar surface area (TPSA) is 55.2 Å². The van der Waals surface area contributed by atoms with Crippen molar-refractivity contribution in [2.75, 3.05) is 18.8 Å². The molecule has 0 saturated carbocycles. The second-order valence-corrected chi connectivity index (χ2v) is 8.15. The molecule has 6 heteroatoms. The second kappa shape index (κ2) is 6.90. The van der Waals surface area contributed by atoms with Gasteiger partial charge in [0.2, 0.25) is 5.91 Å². The van der Waals surface area contributed by atoms with Crippen LogP contribution < -0.4 is 5.56 Å². The van der Waals surface area contributed by atoms with Crippen LogP contribution in [-0.4, -0.2) is 39.2 Å². The lowest BCUT2D eigenvalue weighted by Crippen LogP contribution is -2.36. The van der Waals surface area contributed by atoms with Crippen molar-refractivity contribution in [3.8, 4) is 0 Å². The highest BCUT2D eigenvalue weighted by atomic mass is 32.2. The Bertz CT molecular complexity index is 692. The van der Waals surface area contributed by atoms with Gasteiger partial charge in [-0.3, -0.25) is 14.2 Å². The number of carbonyl (C=O) groups excluding carboxylic acids is 1. The normalized spacial score (nSPS) is 23.5. The van der Waals surface area contributed by atoms with Crippen molar-refractivity contribution in [2.45, 2.75) is 69.0 Å². The minimum absolute atomic E-state index is 0.0204. The molecule has 1 aromatic rings.